The Morgan fingerprint density at radius 2 is 1.67 bits per heavy atom. The summed E-state index contributed by atoms with van der Waals surface area (Å²) in [5, 5.41) is 20.0. The highest BCUT2D eigenvalue weighted by Crippen LogP contribution is 2.33. The molecular weight excluding hydrogens is 274 g/mol. The van der Waals surface area contributed by atoms with Gasteiger partial charge in [0.25, 0.3) is 5.69 Å². The molecule has 2 aromatic rings. The molecule has 0 heterocycles. The van der Waals surface area contributed by atoms with Crippen molar-refractivity contribution in [3.8, 4) is 11.5 Å². The molecule has 108 valence electrons. The number of hydrogen-bond acceptors (Lipinski definition) is 4. The zero-order valence-electron chi connectivity index (χ0n) is 11.5. The molecule has 0 fully saturated rings. The molecule has 6 nitrogen and oxygen atoms in total. The van der Waals surface area contributed by atoms with Gasteiger partial charge in [-0.15, -0.1) is 0 Å². The molecule has 2 aromatic carbocycles. The minimum absolute atomic E-state index is 0.0421. The maximum atomic E-state index is 11.1. The molecule has 0 radical (unpaired) electrons. The van der Waals surface area contributed by atoms with Gasteiger partial charge >= 0.3 is 5.97 Å². The van der Waals surface area contributed by atoms with Crippen molar-refractivity contribution in [2.24, 2.45) is 0 Å². The van der Waals surface area contributed by atoms with Crippen LogP contribution in [0.15, 0.2) is 36.4 Å². The molecule has 0 aliphatic carbocycles. The fraction of sp³-hybridized carbons (Fsp3) is 0.133. The van der Waals surface area contributed by atoms with Crippen LogP contribution in [0.1, 0.15) is 21.5 Å². The zero-order valence-corrected chi connectivity index (χ0v) is 11.5. The summed E-state index contributed by atoms with van der Waals surface area (Å²) in [5.74, 6) is -0.359. The second kappa shape index (κ2) is 5.62. The van der Waals surface area contributed by atoms with Crippen LogP contribution < -0.4 is 4.74 Å². The predicted octanol–water partition coefficient (Wildman–Crippen LogP) is 3.70. The molecule has 0 saturated carbocycles. The minimum atomic E-state index is -1.05. The summed E-state index contributed by atoms with van der Waals surface area (Å²) in [7, 11) is 0. The van der Waals surface area contributed by atoms with E-state index in [1.807, 2.05) is 0 Å². The van der Waals surface area contributed by atoms with E-state index in [4.69, 9.17) is 9.84 Å². The van der Waals surface area contributed by atoms with E-state index in [1.54, 1.807) is 32.0 Å². The van der Waals surface area contributed by atoms with Crippen LogP contribution in [-0.2, 0) is 0 Å². The topological polar surface area (TPSA) is 89.7 Å². The first-order valence-corrected chi connectivity index (χ1v) is 6.16. The van der Waals surface area contributed by atoms with E-state index in [9.17, 15) is 14.9 Å². The fourth-order valence-electron chi connectivity index (χ4n) is 1.99. The van der Waals surface area contributed by atoms with E-state index in [0.717, 1.165) is 0 Å². The van der Waals surface area contributed by atoms with Crippen molar-refractivity contribution < 1.29 is 19.6 Å². The Labute approximate surface area is 120 Å². The van der Waals surface area contributed by atoms with Crippen LogP contribution in [0.25, 0.3) is 0 Å². The van der Waals surface area contributed by atoms with Crippen LogP contribution in [0.3, 0.4) is 0 Å². The fourth-order valence-corrected chi connectivity index (χ4v) is 1.99. The lowest BCUT2D eigenvalue weighted by atomic mass is 10.1. The standard InChI is InChI=1S/C15H13NO5/c1-9-11(15(17)18)5-3-7-13(9)21-14-8-4-6-12(10(14)2)16(19)20/h3-8H,1-2H3,(H,17,18). The van der Waals surface area contributed by atoms with Crippen LogP contribution in [-0.4, -0.2) is 16.0 Å². The number of rotatable bonds is 4. The normalized spacial score (nSPS) is 10.2. The maximum absolute atomic E-state index is 11.1. The van der Waals surface area contributed by atoms with Gasteiger partial charge in [0.1, 0.15) is 11.5 Å². The molecule has 21 heavy (non-hydrogen) atoms. The minimum Gasteiger partial charge on any atom is -0.478 e. The summed E-state index contributed by atoms with van der Waals surface area (Å²) in [5.41, 5.74) is 0.952. The molecule has 0 aromatic heterocycles. The van der Waals surface area contributed by atoms with Gasteiger partial charge in [0.15, 0.2) is 0 Å². The molecule has 0 bridgehead atoms. The van der Waals surface area contributed by atoms with Gasteiger partial charge < -0.3 is 9.84 Å². The number of carboxylic acid groups (broad SMARTS) is 1. The smallest absolute Gasteiger partial charge is 0.336 e. The third-order valence-electron chi connectivity index (χ3n) is 3.19. The van der Waals surface area contributed by atoms with Crippen LogP contribution in [0.5, 0.6) is 11.5 Å². The molecule has 0 aliphatic rings. The molecule has 0 unspecified atom stereocenters. The first-order valence-electron chi connectivity index (χ1n) is 6.16. The Morgan fingerprint density at radius 1 is 1.10 bits per heavy atom. The van der Waals surface area contributed by atoms with Gasteiger partial charge in [-0.05, 0) is 32.0 Å². The Balaban J connectivity index is 2.44. The first kappa shape index (κ1) is 14.5. The van der Waals surface area contributed by atoms with E-state index in [-0.39, 0.29) is 11.3 Å². The van der Waals surface area contributed by atoms with Crippen LogP contribution in [0.2, 0.25) is 0 Å². The number of carboxylic acids is 1. The summed E-state index contributed by atoms with van der Waals surface area (Å²) in [6.45, 7) is 3.22. The highest BCUT2D eigenvalue weighted by atomic mass is 16.6. The number of carbonyl (C=O) groups is 1. The maximum Gasteiger partial charge on any atom is 0.336 e. The second-order valence-electron chi connectivity index (χ2n) is 4.49. The van der Waals surface area contributed by atoms with Crippen molar-refractivity contribution in [3.05, 3.63) is 63.2 Å². The van der Waals surface area contributed by atoms with Crippen molar-refractivity contribution in [1.29, 1.82) is 0 Å². The Kier molecular flexibility index (Phi) is 3.89. The lowest BCUT2D eigenvalue weighted by molar-refractivity contribution is -0.385. The van der Waals surface area contributed by atoms with Gasteiger partial charge in [-0.3, -0.25) is 10.1 Å². The van der Waals surface area contributed by atoms with E-state index >= 15 is 0 Å². The summed E-state index contributed by atoms with van der Waals surface area (Å²) in [6.07, 6.45) is 0. The van der Waals surface area contributed by atoms with Crippen molar-refractivity contribution in [2.75, 3.05) is 0 Å². The van der Waals surface area contributed by atoms with Crippen LogP contribution in [0, 0.1) is 24.0 Å². The van der Waals surface area contributed by atoms with E-state index in [1.165, 1.54) is 18.2 Å². The van der Waals surface area contributed by atoms with Crippen molar-refractivity contribution >= 4 is 11.7 Å². The number of aromatic carboxylic acids is 1. The lowest BCUT2D eigenvalue weighted by Gasteiger charge is -2.12. The average molecular weight is 287 g/mol. The van der Waals surface area contributed by atoms with Gasteiger partial charge in [0.2, 0.25) is 0 Å². The molecule has 2 rings (SSSR count). The van der Waals surface area contributed by atoms with Crippen molar-refractivity contribution in [3.63, 3.8) is 0 Å². The molecule has 0 saturated heterocycles. The summed E-state index contributed by atoms with van der Waals surface area (Å²) in [6, 6.07) is 9.19. The van der Waals surface area contributed by atoms with Crippen LogP contribution in [0.4, 0.5) is 5.69 Å². The highest BCUT2D eigenvalue weighted by Gasteiger charge is 2.16. The molecule has 0 spiro atoms. The second-order valence-corrected chi connectivity index (χ2v) is 4.49. The molecule has 1 N–H and O–H groups in total. The molecule has 6 heteroatoms. The number of nitrogens with zero attached hydrogens (tertiary/aromatic N) is 1. The average Bonchev–Trinajstić information content (AvgIpc) is 2.42. The summed E-state index contributed by atoms with van der Waals surface area (Å²) < 4.78 is 5.65. The largest absolute Gasteiger partial charge is 0.478 e. The Hall–Kier alpha value is -2.89. The van der Waals surface area contributed by atoms with Crippen molar-refractivity contribution in [1.82, 2.24) is 0 Å². The third-order valence-corrected chi connectivity index (χ3v) is 3.19. The number of hydrogen-bond donors (Lipinski definition) is 1. The first-order chi connectivity index (χ1) is 9.91. The summed E-state index contributed by atoms with van der Waals surface area (Å²) >= 11 is 0. The predicted molar refractivity (Wildman–Crippen MR) is 76.0 cm³/mol. The van der Waals surface area contributed by atoms with E-state index < -0.39 is 10.9 Å². The SMILES string of the molecule is Cc1c(Oc2cccc([N+](=O)[O-])c2C)cccc1C(=O)O. The molecule has 0 atom stereocenters. The number of benzene rings is 2. The van der Waals surface area contributed by atoms with Gasteiger partial charge in [-0.1, -0.05) is 12.1 Å². The number of ether oxygens (including phenoxy) is 1. The number of nitro benzene ring substituents is 1. The highest BCUT2D eigenvalue weighted by molar-refractivity contribution is 5.90. The zero-order chi connectivity index (χ0) is 15.6. The monoisotopic (exact) mass is 287 g/mol. The van der Waals surface area contributed by atoms with Crippen LogP contribution >= 0.6 is 0 Å². The van der Waals surface area contributed by atoms with Gasteiger partial charge in [-0.2, -0.15) is 0 Å². The molecular formula is C15H13NO5. The van der Waals surface area contributed by atoms with Gasteiger partial charge in [0, 0.05) is 11.6 Å². The lowest BCUT2D eigenvalue weighted by Crippen LogP contribution is -2.01. The van der Waals surface area contributed by atoms with E-state index in [0.29, 0.717) is 22.6 Å². The number of nitro groups is 1. The summed E-state index contributed by atoms with van der Waals surface area (Å²) in [4.78, 5) is 21.5. The van der Waals surface area contributed by atoms with E-state index in [2.05, 4.69) is 0 Å². The van der Waals surface area contributed by atoms with Gasteiger partial charge in [-0.25, -0.2) is 4.79 Å². The third kappa shape index (κ3) is 2.84. The molecule has 0 amide bonds. The quantitative estimate of drug-likeness (QED) is 0.684. The Morgan fingerprint density at radius 3 is 2.24 bits per heavy atom. The Bertz CT molecular complexity index is 662. The molecule has 0 aliphatic heterocycles. The van der Waals surface area contributed by atoms with Crippen molar-refractivity contribution in [2.45, 2.75) is 13.8 Å². The van der Waals surface area contributed by atoms with Gasteiger partial charge in [0.05, 0.1) is 16.1 Å².